The molecule has 3 nitrogen and oxygen atoms in total. The molecule has 4 heteroatoms. The zero-order chi connectivity index (χ0) is 9.26. The first-order valence-corrected chi connectivity index (χ1v) is 4.79. The lowest BCUT2D eigenvalue weighted by Gasteiger charge is -2.19. The molecule has 0 radical (unpaired) electrons. The molecule has 0 spiro atoms. The Labute approximate surface area is 82.7 Å². The van der Waals surface area contributed by atoms with E-state index in [-0.39, 0.29) is 0 Å². The van der Waals surface area contributed by atoms with Crippen LogP contribution in [0.4, 0.5) is 5.69 Å². The van der Waals surface area contributed by atoms with Gasteiger partial charge in [-0.3, -0.25) is 4.98 Å². The van der Waals surface area contributed by atoms with Gasteiger partial charge in [-0.05, 0) is 19.4 Å². The van der Waals surface area contributed by atoms with Gasteiger partial charge in [0.25, 0.3) is 0 Å². The van der Waals surface area contributed by atoms with Crippen LogP contribution in [0.15, 0.2) is 12.3 Å². The van der Waals surface area contributed by atoms with Crippen LogP contribution in [0.2, 0.25) is 5.02 Å². The third-order valence-corrected chi connectivity index (χ3v) is 2.66. The second-order valence-electron chi connectivity index (χ2n) is 3.14. The highest BCUT2D eigenvalue weighted by Gasteiger charge is 2.15. The first-order valence-electron chi connectivity index (χ1n) is 4.41. The molecule has 0 atom stereocenters. The average Bonchev–Trinajstić information content (AvgIpc) is 2.62. The second-order valence-corrected chi connectivity index (χ2v) is 3.52. The smallest absolute Gasteiger partial charge is 0.0865 e. The van der Waals surface area contributed by atoms with E-state index in [0.717, 1.165) is 35.9 Å². The zero-order valence-corrected chi connectivity index (χ0v) is 8.30. The standard InChI is InChI=1S/C9H12ClN3/c1-7-9(10)8(3-5-11-7)13-6-2-4-12-13/h3,5,12H,2,4,6H2,1H3. The van der Waals surface area contributed by atoms with Crippen molar-refractivity contribution in [3.63, 3.8) is 0 Å². The van der Waals surface area contributed by atoms with Gasteiger partial charge in [0.05, 0.1) is 16.4 Å². The van der Waals surface area contributed by atoms with Crippen molar-refractivity contribution in [2.45, 2.75) is 13.3 Å². The summed E-state index contributed by atoms with van der Waals surface area (Å²) in [6.45, 7) is 3.96. The van der Waals surface area contributed by atoms with Gasteiger partial charge in [0, 0.05) is 19.3 Å². The van der Waals surface area contributed by atoms with Crippen molar-refractivity contribution >= 4 is 17.3 Å². The van der Waals surface area contributed by atoms with Crippen molar-refractivity contribution in [2.24, 2.45) is 0 Å². The molecule has 0 saturated carbocycles. The van der Waals surface area contributed by atoms with Gasteiger partial charge in [0.2, 0.25) is 0 Å². The number of rotatable bonds is 1. The third kappa shape index (κ3) is 1.62. The lowest BCUT2D eigenvalue weighted by Crippen LogP contribution is -2.30. The van der Waals surface area contributed by atoms with Gasteiger partial charge in [-0.2, -0.15) is 0 Å². The van der Waals surface area contributed by atoms with E-state index in [0.29, 0.717) is 0 Å². The van der Waals surface area contributed by atoms with E-state index < -0.39 is 0 Å². The number of hydrogen-bond acceptors (Lipinski definition) is 3. The molecule has 0 aromatic carbocycles. The summed E-state index contributed by atoms with van der Waals surface area (Å²) >= 11 is 6.13. The number of aryl methyl sites for hydroxylation is 1. The van der Waals surface area contributed by atoms with Crippen molar-refractivity contribution < 1.29 is 0 Å². The largest absolute Gasteiger partial charge is 0.307 e. The number of nitrogens with zero attached hydrogens (tertiary/aromatic N) is 2. The molecule has 0 amide bonds. The number of pyridine rings is 1. The SMILES string of the molecule is Cc1nccc(N2CCCN2)c1Cl. The Morgan fingerprint density at radius 2 is 2.46 bits per heavy atom. The minimum absolute atomic E-state index is 0.747. The van der Waals surface area contributed by atoms with E-state index in [9.17, 15) is 0 Å². The van der Waals surface area contributed by atoms with E-state index in [1.54, 1.807) is 6.20 Å². The monoisotopic (exact) mass is 197 g/mol. The van der Waals surface area contributed by atoms with E-state index in [2.05, 4.69) is 15.4 Å². The van der Waals surface area contributed by atoms with Crippen LogP contribution in [0.3, 0.4) is 0 Å². The molecule has 2 heterocycles. The van der Waals surface area contributed by atoms with Crippen LogP contribution in [-0.2, 0) is 0 Å². The molecule has 1 aromatic rings. The molecule has 70 valence electrons. The number of nitrogens with one attached hydrogen (secondary N) is 1. The predicted octanol–water partition coefficient (Wildman–Crippen LogP) is 1.76. The zero-order valence-electron chi connectivity index (χ0n) is 7.55. The lowest BCUT2D eigenvalue weighted by molar-refractivity contribution is 0.786. The summed E-state index contributed by atoms with van der Waals surface area (Å²) < 4.78 is 0. The highest BCUT2D eigenvalue weighted by Crippen LogP contribution is 2.27. The Morgan fingerprint density at radius 3 is 3.15 bits per heavy atom. The number of hydrogen-bond donors (Lipinski definition) is 1. The highest BCUT2D eigenvalue weighted by molar-refractivity contribution is 6.33. The number of hydrazine groups is 1. The topological polar surface area (TPSA) is 28.2 Å². The van der Waals surface area contributed by atoms with Gasteiger partial charge in [0.15, 0.2) is 0 Å². The van der Waals surface area contributed by atoms with Crippen molar-refractivity contribution in [3.8, 4) is 0 Å². The molecule has 0 aliphatic carbocycles. The summed E-state index contributed by atoms with van der Waals surface area (Å²) in [5, 5.41) is 2.83. The number of aromatic nitrogens is 1. The fraction of sp³-hybridized carbons (Fsp3) is 0.444. The molecule has 1 aliphatic heterocycles. The molecule has 0 bridgehead atoms. The summed E-state index contributed by atoms with van der Waals surface area (Å²) in [7, 11) is 0. The Kier molecular flexibility index (Phi) is 2.38. The highest BCUT2D eigenvalue weighted by atomic mass is 35.5. The molecule has 1 N–H and O–H groups in total. The minimum Gasteiger partial charge on any atom is -0.307 e. The first kappa shape index (κ1) is 8.78. The van der Waals surface area contributed by atoms with E-state index in [4.69, 9.17) is 11.6 Å². The molecular weight excluding hydrogens is 186 g/mol. The summed E-state index contributed by atoms with van der Waals surface area (Å²) in [6, 6.07) is 1.94. The third-order valence-electron chi connectivity index (χ3n) is 2.20. The first-order chi connectivity index (χ1) is 6.29. The molecule has 2 rings (SSSR count). The van der Waals surface area contributed by atoms with Crippen LogP contribution in [0.1, 0.15) is 12.1 Å². The molecular formula is C9H12ClN3. The van der Waals surface area contributed by atoms with Gasteiger partial charge < -0.3 is 5.01 Å². The second kappa shape index (κ2) is 3.52. The molecule has 13 heavy (non-hydrogen) atoms. The maximum absolute atomic E-state index is 6.13. The van der Waals surface area contributed by atoms with Crippen molar-refractivity contribution in [3.05, 3.63) is 23.0 Å². The summed E-state index contributed by atoms with van der Waals surface area (Å²) in [5.74, 6) is 0. The quantitative estimate of drug-likeness (QED) is 0.744. The van der Waals surface area contributed by atoms with Crippen LogP contribution in [0.5, 0.6) is 0 Å². The summed E-state index contributed by atoms with van der Waals surface area (Å²) in [6.07, 6.45) is 2.95. The van der Waals surface area contributed by atoms with E-state index in [1.165, 1.54) is 0 Å². The summed E-state index contributed by atoms with van der Waals surface area (Å²) in [5.41, 5.74) is 5.18. The van der Waals surface area contributed by atoms with Crippen LogP contribution < -0.4 is 10.4 Å². The number of halogens is 1. The van der Waals surface area contributed by atoms with Crippen LogP contribution in [0, 0.1) is 6.92 Å². The molecule has 1 aromatic heterocycles. The van der Waals surface area contributed by atoms with Crippen molar-refractivity contribution in [2.75, 3.05) is 18.1 Å². The maximum atomic E-state index is 6.13. The number of anilines is 1. The Morgan fingerprint density at radius 1 is 1.62 bits per heavy atom. The molecule has 1 fully saturated rings. The minimum atomic E-state index is 0.747. The summed E-state index contributed by atoms with van der Waals surface area (Å²) in [4.78, 5) is 4.12. The fourth-order valence-corrected chi connectivity index (χ4v) is 1.69. The van der Waals surface area contributed by atoms with Gasteiger partial charge in [-0.25, -0.2) is 5.43 Å². The van der Waals surface area contributed by atoms with Crippen LogP contribution >= 0.6 is 11.6 Å². The Balaban J connectivity index is 2.33. The molecule has 1 aliphatic rings. The van der Waals surface area contributed by atoms with Gasteiger partial charge in [0.1, 0.15) is 0 Å². The Hall–Kier alpha value is -0.800. The molecule has 1 saturated heterocycles. The van der Waals surface area contributed by atoms with Gasteiger partial charge in [-0.15, -0.1) is 0 Å². The van der Waals surface area contributed by atoms with Crippen molar-refractivity contribution in [1.29, 1.82) is 0 Å². The van der Waals surface area contributed by atoms with E-state index in [1.807, 2.05) is 13.0 Å². The fourth-order valence-electron chi connectivity index (χ4n) is 1.48. The van der Waals surface area contributed by atoms with Gasteiger partial charge in [-0.1, -0.05) is 11.6 Å². The van der Waals surface area contributed by atoms with Gasteiger partial charge >= 0.3 is 0 Å². The lowest BCUT2D eigenvalue weighted by atomic mass is 10.3. The average molecular weight is 198 g/mol. The Bertz CT molecular complexity index is 308. The van der Waals surface area contributed by atoms with Crippen molar-refractivity contribution in [1.82, 2.24) is 10.4 Å². The van der Waals surface area contributed by atoms with Crippen LogP contribution in [0.25, 0.3) is 0 Å². The van der Waals surface area contributed by atoms with E-state index >= 15 is 0 Å². The maximum Gasteiger partial charge on any atom is 0.0865 e. The normalized spacial score (nSPS) is 16.6. The molecule has 0 unspecified atom stereocenters. The predicted molar refractivity (Wildman–Crippen MR) is 53.9 cm³/mol. The van der Waals surface area contributed by atoms with Crippen LogP contribution in [-0.4, -0.2) is 18.1 Å².